The molecule has 0 aromatic heterocycles. The van der Waals surface area contributed by atoms with E-state index in [0.29, 0.717) is 5.16 Å². The van der Waals surface area contributed by atoms with Crippen molar-refractivity contribution < 1.29 is 0 Å². The topological polar surface area (TPSA) is 6.48 Å². The normalized spacial score (nSPS) is 35.9. The monoisotopic (exact) mass is 424 g/mol. The van der Waals surface area contributed by atoms with Gasteiger partial charge in [0.25, 0.3) is 0 Å². The van der Waals surface area contributed by atoms with Gasteiger partial charge in [-0.3, -0.25) is 0 Å². The Bertz CT molecular complexity index is 777. The fourth-order valence-corrected chi connectivity index (χ4v) is 11.4. The number of nitrogens with zero attached hydrogens (tertiary/aromatic N) is 2. The van der Waals surface area contributed by atoms with E-state index in [4.69, 9.17) is 0 Å². The van der Waals surface area contributed by atoms with Crippen LogP contribution in [0.3, 0.4) is 0 Å². The summed E-state index contributed by atoms with van der Waals surface area (Å²) >= 11 is 0. The molecule has 1 saturated heterocycles. The maximum Gasteiger partial charge on any atom is 0.0448 e. The molecular weight excluding hydrogens is 383 g/mol. The quantitative estimate of drug-likeness (QED) is 0.530. The Balaban J connectivity index is 1.57. The van der Waals surface area contributed by atoms with Gasteiger partial charge in [-0.2, -0.15) is 0 Å². The fraction of sp³-hybridized carbons (Fsp3) is 0.704. The minimum atomic E-state index is -0.239. The predicted octanol–water partition coefficient (Wildman–Crippen LogP) is 6.22. The first-order chi connectivity index (χ1) is 14.5. The van der Waals surface area contributed by atoms with E-state index < -0.39 is 0 Å². The van der Waals surface area contributed by atoms with Gasteiger partial charge in [0.05, 0.1) is 0 Å². The highest BCUT2D eigenvalue weighted by Crippen LogP contribution is 2.69. The maximum absolute atomic E-state index is 2.72. The van der Waals surface area contributed by atoms with Crippen LogP contribution >= 0.6 is 7.92 Å². The molecule has 1 aromatic rings. The molecule has 5 unspecified atom stereocenters. The molecule has 30 heavy (non-hydrogen) atoms. The van der Waals surface area contributed by atoms with Crippen LogP contribution in [0.5, 0.6) is 0 Å². The van der Waals surface area contributed by atoms with Crippen LogP contribution in [0.1, 0.15) is 65.2 Å². The maximum atomic E-state index is 2.72. The Labute approximate surface area is 185 Å². The molecule has 0 spiro atoms. The van der Waals surface area contributed by atoms with Gasteiger partial charge >= 0.3 is 0 Å². The Morgan fingerprint density at radius 3 is 2.57 bits per heavy atom. The van der Waals surface area contributed by atoms with E-state index in [2.05, 4.69) is 61.0 Å². The van der Waals surface area contributed by atoms with Crippen molar-refractivity contribution in [3.8, 4) is 0 Å². The molecule has 0 amide bonds. The van der Waals surface area contributed by atoms with Crippen molar-refractivity contribution in [3.63, 3.8) is 0 Å². The molecular formula is C27H41N2P. The average Bonchev–Trinajstić information content (AvgIpc) is 3.14. The highest BCUT2D eigenvalue weighted by atomic mass is 31.1. The third kappa shape index (κ3) is 4.00. The van der Waals surface area contributed by atoms with Gasteiger partial charge in [-0.15, -0.1) is 0 Å². The lowest BCUT2D eigenvalue weighted by Gasteiger charge is -2.53. The lowest BCUT2D eigenvalue weighted by Crippen LogP contribution is -2.47. The number of para-hydroxylation sites is 1. The van der Waals surface area contributed by atoms with Crippen LogP contribution in [0, 0.1) is 17.8 Å². The second kappa shape index (κ2) is 8.59. The highest BCUT2D eigenvalue weighted by molar-refractivity contribution is 7.71. The van der Waals surface area contributed by atoms with Crippen molar-refractivity contribution in [1.82, 2.24) is 4.90 Å². The van der Waals surface area contributed by atoms with Crippen LogP contribution in [-0.2, 0) is 0 Å². The zero-order valence-corrected chi connectivity index (χ0v) is 20.3. The van der Waals surface area contributed by atoms with Crippen LogP contribution in [0.2, 0.25) is 0 Å². The molecule has 1 heterocycles. The predicted molar refractivity (Wildman–Crippen MR) is 132 cm³/mol. The number of anilines is 1. The number of allylic oxidation sites excluding steroid dienone is 2. The minimum Gasteiger partial charge on any atom is -0.368 e. The standard InChI is InChI=1S/C27H41N2P/c1-21-10-11-24(18-21)30(27-12-6-7-23(20-27)17-22(2)19-27)26-9-5-4-8-25(26)29-15-13-28(3)14-16-29/h4-5,8-9,11,21-23H,6-7,10,12-20H2,1-3H3. The second-order valence-corrected chi connectivity index (χ2v) is 13.8. The molecule has 1 aromatic carbocycles. The van der Waals surface area contributed by atoms with Crippen molar-refractivity contribution in [1.29, 1.82) is 0 Å². The summed E-state index contributed by atoms with van der Waals surface area (Å²) in [5, 5.41) is 4.15. The van der Waals surface area contributed by atoms with Crippen LogP contribution in [0.4, 0.5) is 5.69 Å². The smallest absolute Gasteiger partial charge is 0.0448 e. The minimum absolute atomic E-state index is 0.239. The largest absolute Gasteiger partial charge is 0.368 e. The van der Waals surface area contributed by atoms with Gasteiger partial charge in [0.1, 0.15) is 0 Å². The molecule has 0 N–H and O–H groups in total. The number of benzene rings is 1. The van der Waals surface area contributed by atoms with Crippen molar-refractivity contribution in [2.24, 2.45) is 17.8 Å². The first-order valence-electron chi connectivity index (χ1n) is 12.6. The van der Waals surface area contributed by atoms with Crippen molar-refractivity contribution in [3.05, 3.63) is 35.7 Å². The van der Waals surface area contributed by atoms with Crippen LogP contribution < -0.4 is 10.2 Å². The SMILES string of the molecule is CC1CC=C(P(c2ccccc2N2CCN(C)CC2)C23CCCC(CC(C)C2)C3)C1. The van der Waals surface area contributed by atoms with E-state index in [-0.39, 0.29) is 7.92 Å². The molecule has 3 aliphatic carbocycles. The Morgan fingerprint density at radius 2 is 1.80 bits per heavy atom. The lowest BCUT2D eigenvalue weighted by molar-refractivity contribution is 0.167. The zero-order chi connectivity index (χ0) is 20.7. The summed E-state index contributed by atoms with van der Waals surface area (Å²) in [6.45, 7) is 9.76. The fourth-order valence-electron chi connectivity index (χ4n) is 7.17. The van der Waals surface area contributed by atoms with Gasteiger partial charge in [0, 0.05) is 37.2 Å². The van der Waals surface area contributed by atoms with E-state index in [1.54, 1.807) is 11.0 Å². The lowest BCUT2D eigenvalue weighted by atomic mass is 9.68. The van der Waals surface area contributed by atoms with E-state index in [0.717, 1.165) is 17.8 Å². The Hall–Kier alpha value is -0.850. The molecule has 3 fully saturated rings. The Kier molecular flexibility index (Phi) is 6.02. The second-order valence-electron chi connectivity index (χ2n) is 11.1. The van der Waals surface area contributed by atoms with Crippen LogP contribution in [0.25, 0.3) is 0 Å². The molecule has 5 rings (SSSR count). The third-order valence-corrected chi connectivity index (χ3v) is 11.8. The summed E-state index contributed by atoms with van der Waals surface area (Å²) in [4.78, 5) is 5.20. The van der Waals surface area contributed by atoms with Gasteiger partial charge < -0.3 is 9.80 Å². The summed E-state index contributed by atoms with van der Waals surface area (Å²) in [6, 6.07) is 9.63. The Morgan fingerprint density at radius 1 is 1.00 bits per heavy atom. The first kappa shape index (κ1) is 21.0. The van der Waals surface area contributed by atoms with Gasteiger partial charge in [-0.25, -0.2) is 0 Å². The first-order valence-corrected chi connectivity index (χ1v) is 13.9. The van der Waals surface area contributed by atoms with Gasteiger partial charge in [-0.05, 0) is 87.8 Å². The molecule has 5 atom stereocenters. The molecule has 1 aliphatic heterocycles. The number of hydrogen-bond donors (Lipinski definition) is 0. The third-order valence-electron chi connectivity index (χ3n) is 8.43. The molecule has 2 bridgehead atoms. The molecule has 164 valence electrons. The summed E-state index contributed by atoms with van der Waals surface area (Å²) in [6.07, 6.45) is 14.2. The van der Waals surface area contributed by atoms with Crippen molar-refractivity contribution in [2.75, 3.05) is 38.1 Å². The molecule has 4 aliphatic rings. The van der Waals surface area contributed by atoms with Crippen LogP contribution in [0.15, 0.2) is 35.7 Å². The molecule has 0 radical (unpaired) electrons. The number of piperazine rings is 1. The van der Waals surface area contributed by atoms with Crippen molar-refractivity contribution in [2.45, 2.75) is 70.4 Å². The van der Waals surface area contributed by atoms with E-state index in [1.165, 1.54) is 77.5 Å². The number of hydrogen-bond acceptors (Lipinski definition) is 2. The number of likely N-dealkylation sites (N-methyl/N-ethyl adjacent to an activating group) is 1. The number of rotatable bonds is 4. The van der Waals surface area contributed by atoms with Gasteiger partial charge in [0.2, 0.25) is 0 Å². The average molecular weight is 425 g/mol. The van der Waals surface area contributed by atoms with E-state index in [9.17, 15) is 0 Å². The highest BCUT2D eigenvalue weighted by Gasteiger charge is 2.49. The van der Waals surface area contributed by atoms with Crippen molar-refractivity contribution >= 4 is 18.9 Å². The molecule has 2 saturated carbocycles. The zero-order valence-electron chi connectivity index (χ0n) is 19.4. The summed E-state index contributed by atoms with van der Waals surface area (Å²) in [7, 11) is 2.03. The summed E-state index contributed by atoms with van der Waals surface area (Å²) in [5.41, 5.74) is 1.58. The van der Waals surface area contributed by atoms with Gasteiger partial charge in [0.15, 0.2) is 0 Å². The summed E-state index contributed by atoms with van der Waals surface area (Å²) < 4.78 is 0. The summed E-state index contributed by atoms with van der Waals surface area (Å²) in [5.74, 6) is 2.74. The molecule has 2 nitrogen and oxygen atoms in total. The van der Waals surface area contributed by atoms with Crippen LogP contribution in [-0.4, -0.2) is 43.3 Å². The van der Waals surface area contributed by atoms with E-state index in [1.807, 2.05) is 5.31 Å². The van der Waals surface area contributed by atoms with Gasteiger partial charge in [-0.1, -0.05) is 51.0 Å². The number of fused-ring (bicyclic) bond motifs is 2. The molecule has 3 heteroatoms. The van der Waals surface area contributed by atoms with E-state index >= 15 is 0 Å².